The number of carboxylic acids is 1. The molecule has 0 saturated heterocycles. The Bertz CT molecular complexity index is 1050. The Morgan fingerprint density at radius 2 is 1.56 bits per heavy atom. The third kappa shape index (κ3) is 3.02. The number of hydrogen-bond acceptors (Lipinski definition) is 2. The Labute approximate surface area is 159 Å². The Morgan fingerprint density at radius 1 is 1.04 bits per heavy atom. The number of aryl methyl sites for hydroxylation is 2. The van der Waals surface area contributed by atoms with Crippen LogP contribution >= 0.6 is 0 Å². The van der Waals surface area contributed by atoms with E-state index in [-0.39, 0.29) is 5.69 Å². The van der Waals surface area contributed by atoms with Gasteiger partial charge < -0.3 is 9.67 Å². The number of nitrogens with zero attached hydrogens (tertiary/aromatic N) is 2. The van der Waals surface area contributed by atoms with Crippen molar-refractivity contribution in [3.8, 4) is 28.3 Å². The molecule has 0 atom stereocenters. The van der Waals surface area contributed by atoms with Gasteiger partial charge in [-0.05, 0) is 48.1 Å². The molecule has 4 heteroatoms. The molecule has 1 N–H and O–H groups in total. The maximum atomic E-state index is 11.9. The van der Waals surface area contributed by atoms with Crippen molar-refractivity contribution in [1.29, 1.82) is 5.26 Å². The van der Waals surface area contributed by atoms with Crippen LogP contribution in [-0.4, -0.2) is 15.6 Å². The largest absolute Gasteiger partial charge is 0.477 e. The van der Waals surface area contributed by atoms with E-state index >= 15 is 0 Å². The highest BCUT2D eigenvalue weighted by Crippen LogP contribution is 2.35. The van der Waals surface area contributed by atoms with E-state index in [0.717, 1.165) is 16.8 Å². The maximum absolute atomic E-state index is 11.9. The summed E-state index contributed by atoms with van der Waals surface area (Å²) in [6, 6.07) is 16.2. The molecule has 136 valence electrons. The number of nitriles is 1. The first kappa shape index (κ1) is 18.5. The lowest BCUT2D eigenvalue weighted by atomic mass is 9.93. The molecule has 3 rings (SSSR count). The summed E-state index contributed by atoms with van der Waals surface area (Å²) >= 11 is 0. The molecule has 0 fully saturated rings. The number of benzene rings is 2. The Balaban J connectivity index is 2.20. The van der Waals surface area contributed by atoms with Gasteiger partial charge in [-0.15, -0.1) is 0 Å². The monoisotopic (exact) mass is 358 g/mol. The topological polar surface area (TPSA) is 66.0 Å². The molecule has 0 radical (unpaired) electrons. The Hall–Kier alpha value is -3.32. The van der Waals surface area contributed by atoms with Gasteiger partial charge in [0, 0.05) is 18.3 Å². The summed E-state index contributed by atoms with van der Waals surface area (Å²) in [7, 11) is 1.71. The van der Waals surface area contributed by atoms with E-state index in [1.54, 1.807) is 11.6 Å². The van der Waals surface area contributed by atoms with Crippen LogP contribution in [0.4, 0.5) is 0 Å². The van der Waals surface area contributed by atoms with Crippen molar-refractivity contribution in [2.45, 2.75) is 27.2 Å². The van der Waals surface area contributed by atoms with Gasteiger partial charge in [0.25, 0.3) is 0 Å². The molecule has 0 aliphatic carbocycles. The van der Waals surface area contributed by atoms with E-state index in [4.69, 9.17) is 0 Å². The van der Waals surface area contributed by atoms with Crippen molar-refractivity contribution in [1.82, 2.24) is 4.57 Å². The molecule has 3 aromatic rings. The Morgan fingerprint density at radius 3 is 2.00 bits per heavy atom. The van der Waals surface area contributed by atoms with Gasteiger partial charge in [-0.2, -0.15) is 5.26 Å². The second-order valence-electron chi connectivity index (χ2n) is 6.72. The molecule has 1 aromatic heterocycles. The molecule has 4 nitrogen and oxygen atoms in total. The van der Waals surface area contributed by atoms with Crippen LogP contribution in [0, 0.1) is 25.2 Å². The van der Waals surface area contributed by atoms with Gasteiger partial charge in [0.15, 0.2) is 0 Å². The molecule has 0 spiro atoms. The van der Waals surface area contributed by atoms with Crippen molar-refractivity contribution in [2.75, 3.05) is 0 Å². The van der Waals surface area contributed by atoms with Gasteiger partial charge in [0.05, 0.1) is 5.56 Å². The van der Waals surface area contributed by atoms with Gasteiger partial charge in [0.1, 0.15) is 11.8 Å². The lowest BCUT2D eigenvalue weighted by Crippen LogP contribution is -2.07. The van der Waals surface area contributed by atoms with E-state index in [2.05, 4.69) is 32.0 Å². The fourth-order valence-electron chi connectivity index (χ4n) is 3.87. The first-order chi connectivity index (χ1) is 12.9. The van der Waals surface area contributed by atoms with Crippen LogP contribution in [0.3, 0.4) is 0 Å². The molecule has 0 aliphatic heterocycles. The molecule has 0 bridgehead atoms. The molecule has 2 aromatic carbocycles. The number of aromatic nitrogens is 1. The van der Waals surface area contributed by atoms with E-state index in [0.29, 0.717) is 17.5 Å². The highest BCUT2D eigenvalue weighted by molar-refractivity contribution is 5.97. The second kappa shape index (κ2) is 7.13. The van der Waals surface area contributed by atoms with Crippen molar-refractivity contribution in [2.24, 2.45) is 7.05 Å². The molecular formula is C23H22N2O2. The summed E-state index contributed by atoms with van der Waals surface area (Å²) in [6.45, 7) is 6.09. The highest BCUT2D eigenvalue weighted by Gasteiger charge is 2.25. The zero-order valence-electron chi connectivity index (χ0n) is 16.0. The second-order valence-corrected chi connectivity index (χ2v) is 6.72. The predicted molar refractivity (Wildman–Crippen MR) is 107 cm³/mol. The maximum Gasteiger partial charge on any atom is 0.353 e. The SMILES string of the molecule is CCc1c(C#N)c(-c2ccc(-c3c(C)cccc3C)cc2)c(C(=O)O)n1C. The zero-order valence-corrected chi connectivity index (χ0v) is 16.0. The van der Waals surface area contributed by atoms with Crippen LogP contribution in [0.15, 0.2) is 42.5 Å². The van der Waals surface area contributed by atoms with Gasteiger partial charge >= 0.3 is 5.97 Å². The van der Waals surface area contributed by atoms with E-state index in [9.17, 15) is 15.2 Å². The van der Waals surface area contributed by atoms with Crippen LogP contribution in [0.2, 0.25) is 0 Å². The molecule has 27 heavy (non-hydrogen) atoms. The third-order valence-corrected chi connectivity index (χ3v) is 5.11. The minimum atomic E-state index is -1.03. The summed E-state index contributed by atoms with van der Waals surface area (Å²) in [6.07, 6.45) is 0.597. The Kier molecular flexibility index (Phi) is 4.87. The molecule has 0 unspecified atom stereocenters. The van der Waals surface area contributed by atoms with Gasteiger partial charge in [-0.1, -0.05) is 49.4 Å². The minimum Gasteiger partial charge on any atom is -0.477 e. The van der Waals surface area contributed by atoms with Crippen molar-refractivity contribution >= 4 is 5.97 Å². The van der Waals surface area contributed by atoms with E-state index < -0.39 is 5.97 Å². The van der Waals surface area contributed by atoms with Crippen molar-refractivity contribution < 1.29 is 9.90 Å². The number of hydrogen-bond donors (Lipinski definition) is 1. The predicted octanol–water partition coefficient (Wildman–Crippen LogP) is 5.11. The number of carboxylic acid groups (broad SMARTS) is 1. The van der Waals surface area contributed by atoms with Gasteiger partial charge in [0.2, 0.25) is 0 Å². The fraction of sp³-hybridized carbons (Fsp3) is 0.217. The highest BCUT2D eigenvalue weighted by atomic mass is 16.4. The van der Waals surface area contributed by atoms with Crippen LogP contribution in [0.5, 0.6) is 0 Å². The van der Waals surface area contributed by atoms with Gasteiger partial charge in [-0.25, -0.2) is 4.79 Å². The lowest BCUT2D eigenvalue weighted by Gasteiger charge is -2.11. The first-order valence-corrected chi connectivity index (χ1v) is 8.92. The lowest BCUT2D eigenvalue weighted by molar-refractivity contribution is 0.0687. The summed E-state index contributed by atoms with van der Waals surface area (Å²) < 4.78 is 1.62. The summed E-state index contributed by atoms with van der Waals surface area (Å²) in [5, 5.41) is 19.4. The number of aromatic carboxylic acids is 1. The smallest absolute Gasteiger partial charge is 0.353 e. The fourth-order valence-corrected chi connectivity index (χ4v) is 3.87. The average Bonchev–Trinajstić information content (AvgIpc) is 2.93. The van der Waals surface area contributed by atoms with Crippen LogP contribution in [-0.2, 0) is 13.5 Å². The summed E-state index contributed by atoms with van der Waals surface area (Å²) in [5.41, 5.74) is 7.23. The summed E-state index contributed by atoms with van der Waals surface area (Å²) in [4.78, 5) is 11.9. The molecular weight excluding hydrogens is 336 g/mol. The number of rotatable bonds is 4. The van der Waals surface area contributed by atoms with Crippen LogP contribution < -0.4 is 0 Å². The molecule has 0 saturated carbocycles. The van der Waals surface area contributed by atoms with Crippen LogP contribution in [0.25, 0.3) is 22.3 Å². The summed E-state index contributed by atoms with van der Waals surface area (Å²) in [5.74, 6) is -1.03. The molecule has 0 aliphatic rings. The minimum absolute atomic E-state index is 0.156. The quantitative estimate of drug-likeness (QED) is 0.705. The molecule has 1 heterocycles. The van der Waals surface area contributed by atoms with Crippen molar-refractivity contribution in [3.05, 3.63) is 70.5 Å². The molecule has 0 amide bonds. The van der Waals surface area contributed by atoms with Crippen molar-refractivity contribution in [3.63, 3.8) is 0 Å². The standard InChI is InChI=1S/C23H22N2O2/c1-5-19-18(13-24)21(22(23(26)27)25(19)4)17-11-9-16(10-12-17)20-14(2)7-6-8-15(20)3/h6-12H,5H2,1-4H3,(H,26,27). The van der Waals surface area contributed by atoms with Gasteiger partial charge in [-0.3, -0.25) is 0 Å². The normalized spacial score (nSPS) is 10.6. The zero-order chi connectivity index (χ0) is 19.7. The number of carbonyl (C=O) groups is 1. The third-order valence-electron chi connectivity index (χ3n) is 5.11. The first-order valence-electron chi connectivity index (χ1n) is 8.92. The van der Waals surface area contributed by atoms with E-state index in [1.165, 1.54) is 16.7 Å². The van der Waals surface area contributed by atoms with E-state index in [1.807, 2.05) is 37.3 Å². The average molecular weight is 358 g/mol. The van der Waals surface area contributed by atoms with Crippen LogP contribution in [0.1, 0.15) is 39.8 Å².